The van der Waals surface area contributed by atoms with Gasteiger partial charge in [0.2, 0.25) is 0 Å². The largest absolute Gasteiger partial charge is 0.481 e. The van der Waals surface area contributed by atoms with Crippen molar-refractivity contribution >= 4 is 11.9 Å². The Morgan fingerprint density at radius 3 is 2.58 bits per heavy atom. The van der Waals surface area contributed by atoms with E-state index in [0.29, 0.717) is 30.9 Å². The van der Waals surface area contributed by atoms with Crippen molar-refractivity contribution in [2.24, 2.45) is 11.8 Å². The smallest absolute Gasteiger partial charge is 0.416 e. The molecular weight excluding hydrogens is 503 g/mol. The molecule has 3 aliphatic heterocycles. The Bertz CT molecular complexity index is 1050. The van der Waals surface area contributed by atoms with E-state index in [1.165, 1.54) is 11.0 Å². The minimum atomic E-state index is -4.46. The van der Waals surface area contributed by atoms with Gasteiger partial charge >= 0.3 is 12.1 Å². The Kier molecular flexibility index (Phi) is 7.38. The second kappa shape index (κ2) is 10.3. The van der Waals surface area contributed by atoms with Crippen molar-refractivity contribution in [3.63, 3.8) is 0 Å². The molecule has 0 radical (unpaired) electrons. The molecule has 1 N–H and O–H groups in total. The molecule has 1 aliphatic carbocycles. The monoisotopic (exact) mass is 539 g/mol. The predicted octanol–water partition coefficient (Wildman–Crippen LogP) is 3.44. The van der Waals surface area contributed by atoms with Gasteiger partial charge in [-0.2, -0.15) is 13.2 Å². The average molecular weight is 540 g/mol. The molecule has 4 aliphatic rings. The third kappa shape index (κ3) is 5.37. The van der Waals surface area contributed by atoms with Gasteiger partial charge in [-0.05, 0) is 56.7 Å². The zero-order valence-electron chi connectivity index (χ0n) is 21.9. The first-order chi connectivity index (χ1) is 18.0. The number of nitrogens with zero attached hydrogens (tertiary/aromatic N) is 3. The van der Waals surface area contributed by atoms with Crippen molar-refractivity contribution in [1.82, 2.24) is 14.7 Å². The summed E-state index contributed by atoms with van der Waals surface area (Å²) in [7, 11) is 0. The van der Waals surface area contributed by atoms with Gasteiger partial charge in [0.05, 0.1) is 24.6 Å². The lowest BCUT2D eigenvalue weighted by molar-refractivity contribution is -0.181. The first-order valence-electron chi connectivity index (χ1n) is 13.4. The quantitative estimate of drug-likeness (QED) is 0.593. The molecular formula is C27H36F3N3O5. The summed E-state index contributed by atoms with van der Waals surface area (Å²) in [5.41, 5.74) is -1.36. The van der Waals surface area contributed by atoms with Crippen LogP contribution in [0.3, 0.4) is 0 Å². The number of hydrogen-bond donors (Lipinski definition) is 1. The molecule has 0 aromatic heterocycles. The van der Waals surface area contributed by atoms with Crippen LogP contribution < -0.4 is 4.74 Å². The minimum Gasteiger partial charge on any atom is -0.481 e. The Hall–Kier alpha value is -2.37. The maximum atomic E-state index is 13.8. The molecule has 1 aromatic rings. The second-order valence-electron chi connectivity index (χ2n) is 11.3. The fourth-order valence-corrected chi connectivity index (χ4v) is 6.16. The number of carbonyl (C=O) groups is 2. The summed E-state index contributed by atoms with van der Waals surface area (Å²) < 4.78 is 51.8. The highest BCUT2D eigenvalue weighted by molar-refractivity contribution is 5.86. The lowest BCUT2D eigenvalue weighted by Crippen LogP contribution is -2.61. The molecule has 38 heavy (non-hydrogen) atoms. The molecule has 11 heteroatoms. The number of amides is 1. The number of halogens is 3. The number of aliphatic carboxylic acids is 1. The summed E-state index contributed by atoms with van der Waals surface area (Å²) in [6, 6.07) is 3.77. The number of carboxylic acid groups (broad SMARTS) is 1. The number of carboxylic acids is 1. The summed E-state index contributed by atoms with van der Waals surface area (Å²) in [4.78, 5) is 31.2. The third-order valence-corrected chi connectivity index (χ3v) is 8.64. The maximum absolute atomic E-state index is 13.8. The molecule has 1 saturated carbocycles. The number of rotatable bonds is 6. The van der Waals surface area contributed by atoms with Crippen molar-refractivity contribution in [1.29, 1.82) is 0 Å². The predicted molar refractivity (Wildman–Crippen MR) is 131 cm³/mol. The molecule has 8 nitrogen and oxygen atoms in total. The Morgan fingerprint density at radius 2 is 1.97 bits per heavy atom. The van der Waals surface area contributed by atoms with Crippen molar-refractivity contribution < 1.29 is 37.3 Å². The first-order valence-corrected chi connectivity index (χ1v) is 13.4. The van der Waals surface area contributed by atoms with Gasteiger partial charge in [0.15, 0.2) is 6.73 Å². The van der Waals surface area contributed by atoms with Crippen molar-refractivity contribution in [2.45, 2.75) is 69.9 Å². The summed E-state index contributed by atoms with van der Waals surface area (Å²) in [5.74, 6) is -0.907. The van der Waals surface area contributed by atoms with Crippen LogP contribution in [0.5, 0.6) is 5.75 Å². The van der Waals surface area contributed by atoms with Crippen molar-refractivity contribution in [2.75, 3.05) is 39.5 Å². The van der Waals surface area contributed by atoms with Gasteiger partial charge in [0.25, 0.3) is 5.91 Å². The standard InChI is InChI=1S/C27H36F3N3O5/c1-17(24(34)35)12-31-9-10-32(13-18(31)2)22-7-8-26(38-15-22,20-3-4-20)25(36)33-14-19-11-21(27(28,29)30)5-6-23(19)37-16-33/h5-6,11,17-18,20,22H,3-4,7-10,12-16H2,1-2H3,(H,34,35)/t17-,18-,22+,26-/m0/s1. The maximum Gasteiger partial charge on any atom is 0.416 e. The topological polar surface area (TPSA) is 82.5 Å². The fraction of sp³-hybridized carbons (Fsp3) is 0.704. The Labute approximate surface area is 220 Å². The zero-order chi connectivity index (χ0) is 27.2. The van der Waals surface area contributed by atoms with Crippen LogP contribution in [-0.4, -0.2) is 88.9 Å². The van der Waals surface area contributed by atoms with E-state index in [0.717, 1.165) is 51.0 Å². The molecule has 0 spiro atoms. The Morgan fingerprint density at radius 1 is 1.21 bits per heavy atom. The highest BCUT2D eigenvalue weighted by Crippen LogP contribution is 2.48. The Balaban J connectivity index is 1.22. The van der Waals surface area contributed by atoms with Crippen LogP contribution in [0.15, 0.2) is 18.2 Å². The lowest BCUT2D eigenvalue weighted by atomic mass is 9.85. The van der Waals surface area contributed by atoms with Crippen LogP contribution in [-0.2, 0) is 27.0 Å². The minimum absolute atomic E-state index is 0.00725. The fourth-order valence-electron chi connectivity index (χ4n) is 6.16. The van der Waals surface area contributed by atoms with Crippen molar-refractivity contribution in [3.05, 3.63) is 29.3 Å². The SMILES string of the molecule is C[C@@H](CN1CCN([C@@H]2CC[C@@](C(=O)N3COc4ccc(C(F)(F)F)cc4C3)(C3CC3)OC2)C[C@@H]1C)C(=O)O. The normalized spacial score (nSPS) is 29.9. The number of carbonyl (C=O) groups excluding carboxylic acids is 1. The summed E-state index contributed by atoms with van der Waals surface area (Å²) in [6.45, 7) is 7.25. The van der Waals surface area contributed by atoms with Gasteiger partial charge in [-0.3, -0.25) is 19.4 Å². The van der Waals surface area contributed by atoms with Gasteiger partial charge in [0.1, 0.15) is 11.4 Å². The second-order valence-corrected chi connectivity index (χ2v) is 11.3. The van der Waals surface area contributed by atoms with Crippen LogP contribution in [0, 0.1) is 11.8 Å². The summed E-state index contributed by atoms with van der Waals surface area (Å²) in [5, 5.41) is 9.25. The molecule has 2 saturated heterocycles. The number of ether oxygens (including phenoxy) is 2. The first kappa shape index (κ1) is 27.2. The van der Waals surface area contributed by atoms with E-state index in [2.05, 4.69) is 16.7 Å². The van der Waals surface area contributed by atoms with E-state index >= 15 is 0 Å². The van der Waals surface area contributed by atoms with Crippen LogP contribution in [0.4, 0.5) is 13.2 Å². The third-order valence-electron chi connectivity index (χ3n) is 8.64. The van der Waals surface area contributed by atoms with Gasteiger partial charge in [-0.25, -0.2) is 0 Å². The average Bonchev–Trinajstić information content (AvgIpc) is 3.74. The number of hydrogen-bond acceptors (Lipinski definition) is 6. The van der Waals surface area contributed by atoms with E-state index in [1.807, 2.05) is 0 Å². The summed E-state index contributed by atoms with van der Waals surface area (Å²) in [6.07, 6.45) is -1.30. The highest BCUT2D eigenvalue weighted by Gasteiger charge is 2.56. The van der Waals surface area contributed by atoms with Gasteiger partial charge < -0.3 is 19.5 Å². The molecule has 1 amide bonds. The number of benzene rings is 1. The van der Waals surface area contributed by atoms with Gasteiger partial charge in [-0.1, -0.05) is 6.92 Å². The van der Waals surface area contributed by atoms with Crippen LogP contribution in [0.1, 0.15) is 50.7 Å². The van der Waals surface area contributed by atoms with E-state index in [9.17, 15) is 27.9 Å². The lowest BCUT2D eigenvalue weighted by Gasteiger charge is -2.48. The van der Waals surface area contributed by atoms with E-state index < -0.39 is 29.2 Å². The molecule has 3 fully saturated rings. The summed E-state index contributed by atoms with van der Waals surface area (Å²) >= 11 is 0. The molecule has 210 valence electrons. The van der Waals surface area contributed by atoms with Crippen molar-refractivity contribution in [3.8, 4) is 5.75 Å². The van der Waals surface area contributed by atoms with Gasteiger partial charge in [-0.15, -0.1) is 0 Å². The molecule has 0 unspecified atom stereocenters. The van der Waals surface area contributed by atoms with Crippen LogP contribution in [0.25, 0.3) is 0 Å². The van der Waals surface area contributed by atoms with Crippen LogP contribution in [0.2, 0.25) is 0 Å². The number of piperazine rings is 1. The van der Waals surface area contributed by atoms with Crippen LogP contribution >= 0.6 is 0 Å². The molecule has 4 atom stereocenters. The van der Waals surface area contributed by atoms with E-state index in [4.69, 9.17) is 9.47 Å². The van der Waals surface area contributed by atoms with E-state index in [1.54, 1.807) is 6.92 Å². The highest BCUT2D eigenvalue weighted by atomic mass is 19.4. The van der Waals surface area contributed by atoms with E-state index in [-0.39, 0.29) is 37.2 Å². The number of alkyl halides is 3. The molecule has 0 bridgehead atoms. The zero-order valence-corrected chi connectivity index (χ0v) is 21.9. The van der Waals surface area contributed by atoms with Gasteiger partial charge in [0, 0.05) is 43.8 Å². The molecule has 3 heterocycles. The number of fused-ring (bicyclic) bond motifs is 1. The molecule has 5 rings (SSSR count). The molecule has 1 aromatic carbocycles.